The number of quaternary nitrogens is 1. The lowest BCUT2D eigenvalue weighted by atomic mass is 10.2. The normalized spacial score (nSPS) is 18.1. The second-order valence-corrected chi connectivity index (χ2v) is 8.90. The molecule has 1 aromatic rings. The predicted octanol–water partition coefficient (Wildman–Crippen LogP) is 0.797. The van der Waals surface area contributed by atoms with Gasteiger partial charge in [-0.1, -0.05) is 30.1 Å². The molecule has 1 amide bonds. The molecule has 2 N–H and O–H groups in total. The lowest BCUT2D eigenvalue weighted by Crippen LogP contribution is -3.19. The number of nitrogens with zero attached hydrogens (tertiary/aromatic N) is 1. The maximum absolute atomic E-state index is 12.8. The lowest BCUT2D eigenvalue weighted by Gasteiger charge is -2.34. The van der Waals surface area contributed by atoms with Gasteiger partial charge in [-0.2, -0.15) is 4.31 Å². The van der Waals surface area contributed by atoms with Gasteiger partial charge in [0.2, 0.25) is 10.0 Å². The number of hydrogen-bond donors (Lipinski definition) is 2. The molecule has 9 heteroatoms. The van der Waals surface area contributed by atoms with Gasteiger partial charge in [-0.25, -0.2) is 8.42 Å². The summed E-state index contributed by atoms with van der Waals surface area (Å²) in [6.07, 6.45) is 0.889. The molecule has 140 valence electrons. The van der Waals surface area contributed by atoms with Crippen molar-refractivity contribution in [3.63, 3.8) is 0 Å². The van der Waals surface area contributed by atoms with Crippen molar-refractivity contribution in [3.05, 3.63) is 28.2 Å². The monoisotopic (exact) mass is 408 g/mol. The summed E-state index contributed by atoms with van der Waals surface area (Å²) < 4.78 is 27.0. The SMILES string of the molecule is CCCNC(=O)[C@H](C)[NH+]1CCN(S(=O)(=O)c2cc(Cl)ccc2Cl)CC1. The number of carbonyl (C=O) groups excluding carboxylic acids is 1. The standard InChI is InChI=1S/C16H23Cl2N3O3S/c1-3-6-19-16(22)12(2)20-7-9-21(10-8-20)25(23,24)15-11-13(17)4-5-14(15)18/h4-5,11-12H,3,6-10H2,1-2H3,(H,19,22)/p+1/t12-/m0/s1. The molecule has 0 spiro atoms. The Balaban J connectivity index is 2.04. The minimum atomic E-state index is -3.70. The van der Waals surface area contributed by atoms with Crippen LogP contribution in [0.2, 0.25) is 10.0 Å². The summed E-state index contributed by atoms with van der Waals surface area (Å²) in [7, 11) is -3.70. The molecule has 0 saturated carbocycles. The molecule has 0 unspecified atom stereocenters. The molecule has 1 saturated heterocycles. The van der Waals surface area contributed by atoms with Crippen LogP contribution in [0, 0.1) is 0 Å². The van der Waals surface area contributed by atoms with E-state index in [0.29, 0.717) is 37.7 Å². The molecule has 0 aromatic heterocycles. The maximum Gasteiger partial charge on any atom is 0.278 e. The zero-order valence-electron chi connectivity index (χ0n) is 14.4. The largest absolute Gasteiger partial charge is 0.351 e. The number of halogens is 2. The molecule has 1 fully saturated rings. The van der Waals surface area contributed by atoms with E-state index in [-0.39, 0.29) is 21.9 Å². The number of benzene rings is 1. The number of carbonyl (C=O) groups is 1. The molecule has 1 aliphatic rings. The molecule has 25 heavy (non-hydrogen) atoms. The fourth-order valence-corrected chi connectivity index (χ4v) is 5.03. The highest BCUT2D eigenvalue weighted by atomic mass is 35.5. The number of amides is 1. The van der Waals surface area contributed by atoms with Gasteiger partial charge in [-0.15, -0.1) is 0 Å². The first-order valence-electron chi connectivity index (χ1n) is 8.35. The van der Waals surface area contributed by atoms with Crippen molar-refractivity contribution in [2.45, 2.75) is 31.2 Å². The van der Waals surface area contributed by atoms with Gasteiger partial charge in [-0.05, 0) is 31.5 Å². The smallest absolute Gasteiger partial charge is 0.278 e. The molecular formula is C16H24Cl2N3O3S+. The van der Waals surface area contributed by atoms with Crippen molar-refractivity contribution < 1.29 is 18.1 Å². The van der Waals surface area contributed by atoms with Gasteiger partial charge < -0.3 is 10.2 Å². The van der Waals surface area contributed by atoms with Gasteiger partial charge in [0.05, 0.1) is 31.2 Å². The second kappa shape index (κ2) is 8.68. The minimum absolute atomic E-state index is 0.00560. The van der Waals surface area contributed by atoms with E-state index in [1.807, 2.05) is 13.8 Å². The van der Waals surface area contributed by atoms with Crippen molar-refractivity contribution in [2.24, 2.45) is 0 Å². The van der Waals surface area contributed by atoms with E-state index in [4.69, 9.17) is 23.2 Å². The average molecular weight is 409 g/mol. The van der Waals surface area contributed by atoms with Crippen LogP contribution in [0.5, 0.6) is 0 Å². The number of piperazine rings is 1. The quantitative estimate of drug-likeness (QED) is 0.730. The molecule has 0 aliphatic carbocycles. The maximum atomic E-state index is 12.8. The van der Waals surface area contributed by atoms with Crippen molar-refractivity contribution >= 4 is 39.1 Å². The molecule has 2 rings (SSSR count). The Morgan fingerprint density at radius 2 is 1.96 bits per heavy atom. The predicted molar refractivity (Wildman–Crippen MR) is 98.7 cm³/mol. The van der Waals surface area contributed by atoms with E-state index in [1.165, 1.54) is 16.4 Å². The van der Waals surface area contributed by atoms with Crippen LogP contribution < -0.4 is 10.2 Å². The van der Waals surface area contributed by atoms with Gasteiger partial charge in [0, 0.05) is 11.6 Å². The van der Waals surface area contributed by atoms with E-state index < -0.39 is 10.0 Å². The summed E-state index contributed by atoms with van der Waals surface area (Å²) in [6, 6.07) is 4.21. The molecule has 0 radical (unpaired) electrons. The Morgan fingerprint density at radius 3 is 2.56 bits per heavy atom. The van der Waals surface area contributed by atoms with Crippen LogP contribution in [0.3, 0.4) is 0 Å². The van der Waals surface area contributed by atoms with E-state index in [1.54, 1.807) is 6.07 Å². The molecule has 1 atom stereocenters. The van der Waals surface area contributed by atoms with Crippen LogP contribution in [0.4, 0.5) is 0 Å². The fourth-order valence-electron chi connectivity index (χ4n) is 2.85. The number of sulfonamides is 1. The topological polar surface area (TPSA) is 70.9 Å². The summed E-state index contributed by atoms with van der Waals surface area (Å²) in [4.78, 5) is 13.2. The Morgan fingerprint density at radius 1 is 1.32 bits per heavy atom. The summed E-state index contributed by atoms with van der Waals surface area (Å²) in [5.41, 5.74) is 0. The highest BCUT2D eigenvalue weighted by Gasteiger charge is 2.35. The minimum Gasteiger partial charge on any atom is -0.351 e. The van der Waals surface area contributed by atoms with Crippen LogP contribution in [-0.2, 0) is 14.8 Å². The first kappa shape index (κ1) is 20.5. The zero-order chi connectivity index (χ0) is 18.6. The lowest BCUT2D eigenvalue weighted by molar-refractivity contribution is -0.917. The van der Waals surface area contributed by atoms with E-state index >= 15 is 0 Å². The molecule has 1 aromatic carbocycles. The number of hydrogen-bond acceptors (Lipinski definition) is 3. The molecular weight excluding hydrogens is 385 g/mol. The Hall–Kier alpha value is -0.860. The second-order valence-electron chi connectivity index (χ2n) is 6.15. The third-order valence-corrected chi connectivity index (χ3v) is 7.05. The van der Waals surface area contributed by atoms with Gasteiger partial charge in [-0.3, -0.25) is 4.79 Å². The van der Waals surface area contributed by atoms with Crippen molar-refractivity contribution in [3.8, 4) is 0 Å². The first-order valence-corrected chi connectivity index (χ1v) is 10.5. The van der Waals surface area contributed by atoms with Gasteiger partial charge in [0.25, 0.3) is 5.91 Å². The van der Waals surface area contributed by atoms with Crippen molar-refractivity contribution in [1.82, 2.24) is 9.62 Å². The summed E-state index contributed by atoms with van der Waals surface area (Å²) in [6.45, 7) is 6.35. The Kier molecular flexibility index (Phi) is 7.10. The number of rotatable bonds is 6. The van der Waals surface area contributed by atoms with Crippen LogP contribution in [0.25, 0.3) is 0 Å². The third-order valence-electron chi connectivity index (χ3n) is 4.43. The molecule has 6 nitrogen and oxygen atoms in total. The van der Waals surface area contributed by atoms with Gasteiger partial charge in [0.1, 0.15) is 4.90 Å². The Labute approximate surface area is 159 Å². The summed E-state index contributed by atoms with van der Waals surface area (Å²) in [5.74, 6) is 0.00560. The summed E-state index contributed by atoms with van der Waals surface area (Å²) in [5, 5.41) is 3.37. The number of nitrogens with one attached hydrogen (secondary N) is 2. The van der Waals surface area contributed by atoms with E-state index in [0.717, 1.165) is 11.3 Å². The molecule has 1 aliphatic heterocycles. The van der Waals surface area contributed by atoms with Crippen molar-refractivity contribution in [1.29, 1.82) is 0 Å². The Bertz CT molecular complexity index is 719. The van der Waals surface area contributed by atoms with Crippen LogP contribution in [0.15, 0.2) is 23.1 Å². The molecule has 0 bridgehead atoms. The van der Waals surface area contributed by atoms with E-state index in [2.05, 4.69) is 5.32 Å². The first-order chi connectivity index (χ1) is 11.8. The highest BCUT2D eigenvalue weighted by Crippen LogP contribution is 2.27. The van der Waals surface area contributed by atoms with Gasteiger partial charge in [0.15, 0.2) is 6.04 Å². The zero-order valence-corrected chi connectivity index (χ0v) is 16.7. The van der Waals surface area contributed by atoms with E-state index in [9.17, 15) is 13.2 Å². The van der Waals surface area contributed by atoms with Crippen LogP contribution in [0.1, 0.15) is 20.3 Å². The van der Waals surface area contributed by atoms with Gasteiger partial charge >= 0.3 is 0 Å². The average Bonchev–Trinajstić information content (AvgIpc) is 2.61. The fraction of sp³-hybridized carbons (Fsp3) is 0.562. The third kappa shape index (κ3) is 4.86. The van der Waals surface area contributed by atoms with Crippen molar-refractivity contribution in [2.75, 3.05) is 32.7 Å². The van der Waals surface area contributed by atoms with Crippen LogP contribution >= 0.6 is 23.2 Å². The highest BCUT2D eigenvalue weighted by molar-refractivity contribution is 7.89. The molecule has 1 heterocycles. The van der Waals surface area contributed by atoms with Crippen LogP contribution in [-0.4, -0.2) is 57.4 Å². The summed E-state index contributed by atoms with van der Waals surface area (Å²) >= 11 is 12.0.